The monoisotopic (exact) mass is 480 g/mol. The summed E-state index contributed by atoms with van der Waals surface area (Å²) >= 11 is 7.61. The lowest BCUT2D eigenvalue weighted by Crippen LogP contribution is -2.07. The highest BCUT2D eigenvalue weighted by Crippen LogP contribution is 2.21. The first kappa shape index (κ1) is 19.8. The van der Waals surface area contributed by atoms with Gasteiger partial charge in [-0.25, -0.2) is 4.99 Å². The molecular weight excluding hydrogens is 463 g/mol. The second kappa shape index (κ2) is 10.5. The molecule has 3 aromatic rings. The van der Waals surface area contributed by atoms with Crippen molar-refractivity contribution in [2.45, 2.75) is 5.75 Å². The molecule has 3 rings (SSSR count). The molecule has 1 N–H and O–H groups in total. The fourth-order valence-electron chi connectivity index (χ4n) is 2.09. The van der Waals surface area contributed by atoms with E-state index in [1.54, 1.807) is 11.8 Å². The molecule has 5 heteroatoms. The fraction of sp³-hybridized carbons (Fsp3) is 0.0500. The van der Waals surface area contributed by atoms with E-state index in [-0.39, 0.29) is 24.0 Å². The smallest absolute Gasteiger partial charge is 0.166 e. The van der Waals surface area contributed by atoms with Gasteiger partial charge < -0.3 is 5.32 Å². The Morgan fingerprint density at radius 3 is 2.08 bits per heavy atom. The van der Waals surface area contributed by atoms with E-state index in [9.17, 15) is 0 Å². The van der Waals surface area contributed by atoms with Gasteiger partial charge in [-0.3, -0.25) is 0 Å². The van der Waals surface area contributed by atoms with Crippen molar-refractivity contribution in [1.82, 2.24) is 0 Å². The van der Waals surface area contributed by atoms with Crippen LogP contribution in [0.25, 0.3) is 0 Å². The van der Waals surface area contributed by atoms with Crippen LogP contribution in [0.4, 0.5) is 11.4 Å². The summed E-state index contributed by atoms with van der Waals surface area (Å²) in [6.07, 6.45) is 0. The molecule has 0 radical (unpaired) electrons. The van der Waals surface area contributed by atoms with Crippen LogP contribution in [0.5, 0.6) is 0 Å². The van der Waals surface area contributed by atoms with Gasteiger partial charge in [0.1, 0.15) is 0 Å². The number of nitrogens with zero attached hydrogens (tertiary/aromatic N) is 1. The van der Waals surface area contributed by atoms with Crippen LogP contribution >= 0.6 is 47.3 Å². The molecule has 0 bridgehead atoms. The first-order valence-electron chi connectivity index (χ1n) is 7.63. The number of hydrogen-bond acceptors (Lipinski definition) is 2. The van der Waals surface area contributed by atoms with Crippen molar-refractivity contribution in [3.63, 3.8) is 0 Å². The van der Waals surface area contributed by atoms with Crippen LogP contribution in [0.1, 0.15) is 5.56 Å². The Balaban J connectivity index is 0.00000225. The lowest BCUT2D eigenvalue weighted by Gasteiger charge is -2.10. The Labute approximate surface area is 174 Å². The molecule has 25 heavy (non-hydrogen) atoms. The third-order valence-electron chi connectivity index (χ3n) is 3.30. The van der Waals surface area contributed by atoms with Crippen molar-refractivity contribution in [2.75, 3.05) is 5.32 Å². The van der Waals surface area contributed by atoms with Crippen molar-refractivity contribution in [3.05, 3.63) is 95.5 Å². The molecule has 2 nitrogen and oxygen atoms in total. The van der Waals surface area contributed by atoms with Crippen molar-refractivity contribution in [2.24, 2.45) is 4.99 Å². The Morgan fingerprint density at radius 2 is 1.44 bits per heavy atom. The molecule has 0 heterocycles. The molecule has 0 spiro atoms. The van der Waals surface area contributed by atoms with Gasteiger partial charge in [-0.05, 0) is 42.0 Å². The highest BCUT2D eigenvalue weighted by atomic mass is 127. The number of halogens is 2. The molecule has 0 unspecified atom stereocenters. The van der Waals surface area contributed by atoms with Crippen LogP contribution in [0.2, 0.25) is 5.02 Å². The Kier molecular flexibility index (Phi) is 8.31. The minimum Gasteiger partial charge on any atom is -0.335 e. The average molecular weight is 481 g/mol. The van der Waals surface area contributed by atoms with Gasteiger partial charge in [-0.1, -0.05) is 71.9 Å². The van der Waals surface area contributed by atoms with Crippen molar-refractivity contribution >= 4 is 63.9 Å². The quantitative estimate of drug-likeness (QED) is 0.247. The summed E-state index contributed by atoms with van der Waals surface area (Å²) in [5.74, 6) is 0.822. The standard InChI is InChI=1S/C20H17ClN2S.HI/c21-17-13-11-16(12-14-17)15-24-20(22-18-7-3-1-4-8-18)23-19-9-5-2-6-10-19;/h1-14H,15H2,(H,22,23);1H. The van der Waals surface area contributed by atoms with Crippen molar-refractivity contribution in [3.8, 4) is 0 Å². The zero-order valence-electron chi connectivity index (χ0n) is 13.4. The molecule has 128 valence electrons. The predicted molar refractivity (Wildman–Crippen MR) is 122 cm³/mol. The van der Waals surface area contributed by atoms with Gasteiger partial charge >= 0.3 is 0 Å². The number of benzene rings is 3. The molecular formula is C20H18ClIN2S. The Hall–Kier alpha value is -1.50. The van der Waals surface area contributed by atoms with Gasteiger partial charge in [0.05, 0.1) is 5.69 Å². The van der Waals surface area contributed by atoms with Gasteiger partial charge in [0, 0.05) is 16.5 Å². The van der Waals surface area contributed by atoms with Gasteiger partial charge in [0.15, 0.2) is 5.17 Å². The second-order valence-corrected chi connectivity index (χ2v) is 6.56. The summed E-state index contributed by atoms with van der Waals surface area (Å²) in [5, 5.41) is 5.01. The predicted octanol–water partition coefficient (Wildman–Crippen LogP) is 6.99. The normalized spacial score (nSPS) is 10.8. The van der Waals surface area contributed by atoms with E-state index in [0.29, 0.717) is 0 Å². The summed E-state index contributed by atoms with van der Waals surface area (Å²) < 4.78 is 0. The number of aliphatic imine (C=N–C) groups is 1. The molecule has 0 fully saturated rings. The first-order chi connectivity index (χ1) is 11.8. The van der Waals surface area contributed by atoms with E-state index >= 15 is 0 Å². The number of amidine groups is 1. The largest absolute Gasteiger partial charge is 0.335 e. The van der Waals surface area contributed by atoms with E-state index in [0.717, 1.165) is 27.3 Å². The van der Waals surface area contributed by atoms with E-state index in [4.69, 9.17) is 16.6 Å². The van der Waals surface area contributed by atoms with E-state index in [1.165, 1.54) is 5.56 Å². The van der Waals surface area contributed by atoms with Crippen LogP contribution in [-0.4, -0.2) is 5.17 Å². The number of nitrogens with one attached hydrogen (secondary N) is 1. The summed E-state index contributed by atoms with van der Waals surface area (Å²) in [6, 6.07) is 27.9. The van der Waals surface area contributed by atoms with E-state index in [2.05, 4.69) is 5.32 Å². The molecule has 0 atom stereocenters. The minimum absolute atomic E-state index is 0. The van der Waals surface area contributed by atoms with E-state index in [1.807, 2.05) is 84.9 Å². The number of para-hydroxylation sites is 2. The zero-order valence-corrected chi connectivity index (χ0v) is 17.3. The molecule has 0 amide bonds. The third-order valence-corrected chi connectivity index (χ3v) is 4.50. The zero-order chi connectivity index (χ0) is 16.6. The molecule has 0 saturated heterocycles. The molecule has 0 aliphatic rings. The number of anilines is 1. The summed E-state index contributed by atoms with van der Waals surface area (Å²) in [4.78, 5) is 4.73. The molecule has 0 aliphatic heterocycles. The van der Waals surface area contributed by atoms with Crippen LogP contribution in [0, 0.1) is 0 Å². The Morgan fingerprint density at radius 1 is 0.840 bits per heavy atom. The van der Waals surface area contributed by atoms with Crippen LogP contribution < -0.4 is 5.32 Å². The summed E-state index contributed by atoms with van der Waals surface area (Å²) in [7, 11) is 0. The molecule has 3 aromatic carbocycles. The SMILES string of the molecule is Clc1ccc(CSC(=Nc2ccccc2)Nc2ccccc2)cc1.I. The average Bonchev–Trinajstić information content (AvgIpc) is 2.63. The first-order valence-corrected chi connectivity index (χ1v) is 8.99. The van der Waals surface area contributed by atoms with Crippen molar-refractivity contribution < 1.29 is 0 Å². The maximum absolute atomic E-state index is 5.95. The maximum atomic E-state index is 5.95. The van der Waals surface area contributed by atoms with Gasteiger partial charge in [0.25, 0.3) is 0 Å². The Bertz CT molecular complexity index is 793. The molecule has 0 saturated carbocycles. The van der Waals surface area contributed by atoms with Gasteiger partial charge in [-0.15, -0.1) is 24.0 Å². The number of hydrogen-bond donors (Lipinski definition) is 1. The van der Waals surface area contributed by atoms with E-state index < -0.39 is 0 Å². The number of rotatable bonds is 4. The van der Waals surface area contributed by atoms with Crippen LogP contribution in [0.15, 0.2) is 89.9 Å². The molecule has 0 aliphatic carbocycles. The number of thioether (sulfide) groups is 1. The van der Waals surface area contributed by atoms with Crippen LogP contribution in [0.3, 0.4) is 0 Å². The second-order valence-electron chi connectivity index (χ2n) is 5.16. The highest BCUT2D eigenvalue weighted by molar-refractivity contribution is 14.0. The lowest BCUT2D eigenvalue weighted by molar-refractivity contribution is 1.42. The van der Waals surface area contributed by atoms with Gasteiger partial charge in [0.2, 0.25) is 0 Å². The van der Waals surface area contributed by atoms with Crippen LogP contribution in [-0.2, 0) is 5.75 Å². The third kappa shape index (κ3) is 6.72. The van der Waals surface area contributed by atoms with Gasteiger partial charge in [-0.2, -0.15) is 0 Å². The van der Waals surface area contributed by atoms with Crippen molar-refractivity contribution in [1.29, 1.82) is 0 Å². The lowest BCUT2D eigenvalue weighted by atomic mass is 10.2. The molecule has 0 aromatic heterocycles. The topological polar surface area (TPSA) is 24.4 Å². The minimum atomic E-state index is 0. The fourth-order valence-corrected chi connectivity index (χ4v) is 3.08. The maximum Gasteiger partial charge on any atom is 0.166 e. The highest BCUT2D eigenvalue weighted by Gasteiger charge is 2.03. The summed E-state index contributed by atoms with van der Waals surface area (Å²) in [5.41, 5.74) is 3.16. The summed E-state index contributed by atoms with van der Waals surface area (Å²) in [6.45, 7) is 0.